The molecule has 0 amide bonds. The highest BCUT2D eigenvalue weighted by Gasteiger charge is 2.23. The average molecular weight is 296 g/mol. The predicted molar refractivity (Wildman–Crippen MR) is 81.1 cm³/mol. The smallest absolute Gasteiger partial charge is 0.132 e. The standard InChI is InChI=1S/C16H25FN2O2/c1-12-11-19(10-9-18(12)2)8-7-14(20)16-13(17)5-4-6-15(16)21-3/h4-6,12,14,20H,7-11H2,1-3H3. The Labute approximate surface area is 126 Å². The van der Waals surface area contributed by atoms with Crippen molar-refractivity contribution in [1.29, 1.82) is 0 Å². The second-order valence-electron chi connectivity index (χ2n) is 5.79. The number of piperazine rings is 1. The van der Waals surface area contributed by atoms with Crippen LogP contribution in [-0.2, 0) is 0 Å². The summed E-state index contributed by atoms with van der Waals surface area (Å²) in [5.41, 5.74) is 0.266. The number of hydrogen-bond acceptors (Lipinski definition) is 4. The lowest BCUT2D eigenvalue weighted by Crippen LogP contribution is -2.50. The van der Waals surface area contributed by atoms with Crippen molar-refractivity contribution in [2.45, 2.75) is 25.5 Å². The summed E-state index contributed by atoms with van der Waals surface area (Å²) in [7, 11) is 3.62. The Morgan fingerprint density at radius 2 is 2.19 bits per heavy atom. The summed E-state index contributed by atoms with van der Waals surface area (Å²) >= 11 is 0. The summed E-state index contributed by atoms with van der Waals surface area (Å²) < 4.78 is 19.1. The summed E-state index contributed by atoms with van der Waals surface area (Å²) in [6.45, 7) is 5.96. The van der Waals surface area contributed by atoms with Gasteiger partial charge in [-0.2, -0.15) is 0 Å². The molecular formula is C16H25FN2O2. The Balaban J connectivity index is 1.95. The Bertz CT molecular complexity index is 470. The SMILES string of the molecule is COc1cccc(F)c1C(O)CCN1CCN(C)C(C)C1. The molecule has 1 aromatic carbocycles. The molecule has 4 nitrogen and oxygen atoms in total. The van der Waals surface area contributed by atoms with E-state index in [4.69, 9.17) is 4.74 Å². The fraction of sp³-hybridized carbons (Fsp3) is 0.625. The number of rotatable bonds is 5. The number of methoxy groups -OCH3 is 1. The molecule has 0 aromatic heterocycles. The van der Waals surface area contributed by atoms with Crippen LogP contribution in [0.5, 0.6) is 5.75 Å². The molecule has 5 heteroatoms. The zero-order valence-electron chi connectivity index (χ0n) is 13.1. The van der Waals surface area contributed by atoms with Crippen LogP contribution >= 0.6 is 0 Å². The molecule has 1 aliphatic rings. The molecule has 0 aliphatic carbocycles. The summed E-state index contributed by atoms with van der Waals surface area (Å²) in [6.07, 6.45) is -0.329. The Morgan fingerprint density at radius 3 is 2.86 bits per heavy atom. The number of hydrogen-bond donors (Lipinski definition) is 1. The summed E-state index contributed by atoms with van der Waals surface area (Å²) in [5, 5.41) is 10.3. The van der Waals surface area contributed by atoms with Crippen molar-refractivity contribution in [2.75, 3.05) is 40.3 Å². The van der Waals surface area contributed by atoms with Crippen molar-refractivity contribution in [3.63, 3.8) is 0 Å². The molecule has 1 heterocycles. The lowest BCUT2D eigenvalue weighted by molar-refractivity contribution is 0.0822. The van der Waals surface area contributed by atoms with Gasteiger partial charge < -0.3 is 19.6 Å². The van der Waals surface area contributed by atoms with E-state index in [1.165, 1.54) is 13.2 Å². The van der Waals surface area contributed by atoms with Gasteiger partial charge in [-0.05, 0) is 32.5 Å². The maximum absolute atomic E-state index is 13.9. The first-order valence-electron chi connectivity index (χ1n) is 7.46. The average Bonchev–Trinajstić information content (AvgIpc) is 2.47. The van der Waals surface area contributed by atoms with Gasteiger partial charge in [0.05, 0.1) is 18.8 Å². The number of aliphatic hydroxyl groups excluding tert-OH is 1. The van der Waals surface area contributed by atoms with Crippen LogP contribution in [0.25, 0.3) is 0 Å². The van der Waals surface area contributed by atoms with Gasteiger partial charge in [0.2, 0.25) is 0 Å². The maximum atomic E-state index is 13.9. The number of likely N-dealkylation sites (N-methyl/N-ethyl adjacent to an activating group) is 1. The van der Waals surface area contributed by atoms with Crippen molar-refractivity contribution < 1.29 is 14.2 Å². The van der Waals surface area contributed by atoms with Gasteiger partial charge in [-0.15, -0.1) is 0 Å². The van der Waals surface area contributed by atoms with Gasteiger partial charge in [0.25, 0.3) is 0 Å². The van der Waals surface area contributed by atoms with Crippen LogP contribution in [0.3, 0.4) is 0 Å². The van der Waals surface area contributed by atoms with Crippen LogP contribution in [-0.4, -0.2) is 61.3 Å². The minimum Gasteiger partial charge on any atom is -0.496 e. The van der Waals surface area contributed by atoms with E-state index in [1.54, 1.807) is 12.1 Å². The van der Waals surface area contributed by atoms with Gasteiger partial charge in [-0.3, -0.25) is 0 Å². The summed E-state index contributed by atoms with van der Waals surface area (Å²) in [5.74, 6) is 0.00263. The van der Waals surface area contributed by atoms with Crippen LogP contribution in [0.1, 0.15) is 25.0 Å². The highest BCUT2D eigenvalue weighted by Crippen LogP contribution is 2.30. The molecule has 0 bridgehead atoms. The third-order valence-corrected chi connectivity index (χ3v) is 4.33. The van der Waals surface area contributed by atoms with E-state index in [-0.39, 0.29) is 5.56 Å². The molecule has 0 radical (unpaired) electrons. The number of benzene rings is 1. The molecule has 0 spiro atoms. The van der Waals surface area contributed by atoms with Crippen molar-refractivity contribution in [2.24, 2.45) is 0 Å². The highest BCUT2D eigenvalue weighted by atomic mass is 19.1. The number of ether oxygens (including phenoxy) is 1. The largest absolute Gasteiger partial charge is 0.496 e. The van der Waals surface area contributed by atoms with Gasteiger partial charge in [0.15, 0.2) is 0 Å². The third-order valence-electron chi connectivity index (χ3n) is 4.33. The monoisotopic (exact) mass is 296 g/mol. The minimum atomic E-state index is -0.837. The molecule has 1 N–H and O–H groups in total. The van der Waals surface area contributed by atoms with E-state index in [9.17, 15) is 9.50 Å². The topological polar surface area (TPSA) is 35.9 Å². The van der Waals surface area contributed by atoms with E-state index in [1.807, 2.05) is 0 Å². The van der Waals surface area contributed by atoms with Gasteiger partial charge >= 0.3 is 0 Å². The second kappa shape index (κ2) is 7.20. The first kappa shape index (κ1) is 16.2. The number of aliphatic hydroxyl groups is 1. The zero-order chi connectivity index (χ0) is 15.4. The van der Waals surface area contributed by atoms with Crippen molar-refractivity contribution in [3.8, 4) is 5.75 Å². The second-order valence-corrected chi connectivity index (χ2v) is 5.79. The van der Waals surface area contributed by atoms with E-state index in [0.717, 1.165) is 26.2 Å². The Kier molecular flexibility index (Phi) is 5.56. The number of halogens is 1. The van der Waals surface area contributed by atoms with E-state index in [2.05, 4.69) is 23.8 Å². The summed E-state index contributed by atoms with van der Waals surface area (Å²) in [6, 6.07) is 5.14. The number of nitrogens with zero attached hydrogens (tertiary/aromatic N) is 2. The normalized spacial score (nSPS) is 22.2. The molecule has 2 unspecified atom stereocenters. The molecule has 1 aliphatic heterocycles. The zero-order valence-corrected chi connectivity index (χ0v) is 13.1. The summed E-state index contributed by atoms with van der Waals surface area (Å²) in [4.78, 5) is 4.65. The molecule has 1 saturated heterocycles. The Hall–Kier alpha value is -1.17. The molecule has 2 rings (SSSR count). The molecule has 21 heavy (non-hydrogen) atoms. The lowest BCUT2D eigenvalue weighted by atomic mass is 10.0. The third kappa shape index (κ3) is 3.93. The molecule has 2 atom stereocenters. The maximum Gasteiger partial charge on any atom is 0.132 e. The first-order chi connectivity index (χ1) is 10.0. The van der Waals surface area contributed by atoms with Crippen molar-refractivity contribution in [1.82, 2.24) is 9.80 Å². The Morgan fingerprint density at radius 1 is 1.43 bits per heavy atom. The molecule has 1 aromatic rings. The van der Waals surface area contributed by atoms with Gasteiger partial charge in [0, 0.05) is 32.2 Å². The van der Waals surface area contributed by atoms with Gasteiger partial charge in [-0.1, -0.05) is 6.07 Å². The fourth-order valence-corrected chi connectivity index (χ4v) is 2.79. The minimum absolute atomic E-state index is 0.266. The van der Waals surface area contributed by atoms with E-state index in [0.29, 0.717) is 18.2 Å². The van der Waals surface area contributed by atoms with E-state index < -0.39 is 11.9 Å². The fourth-order valence-electron chi connectivity index (χ4n) is 2.79. The molecule has 0 saturated carbocycles. The van der Waals surface area contributed by atoms with Crippen LogP contribution in [0.2, 0.25) is 0 Å². The molecular weight excluding hydrogens is 271 g/mol. The molecule has 118 valence electrons. The van der Waals surface area contributed by atoms with Crippen LogP contribution in [0.4, 0.5) is 4.39 Å². The van der Waals surface area contributed by atoms with E-state index >= 15 is 0 Å². The quantitative estimate of drug-likeness (QED) is 0.900. The lowest BCUT2D eigenvalue weighted by Gasteiger charge is -2.38. The highest BCUT2D eigenvalue weighted by molar-refractivity contribution is 5.36. The van der Waals surface area contributed by atoms with Gasteiger partial charge in [0.1, 0.15) is 11.6 Å². The van der Waals surface area contributed by atoms with Crippen molar-refractivity contribution in [3.05, 3.63) is 29.6 Å². The van der Waals surface area contributed by atoms with Gasteiger partial charge in [-0.25, -0.2) is 4.39 Å². The molecule has 1 fully saturated rings. The van der Waals surface area contributed by atoms with Crippen molar-refractivity contribution >= 4 is 0 Å². The predicted octanol–water partition coefficient (Wildman–Crippen LogP) is 1.89. The van der Waals surface area contributed by atoms with Crippen LogP contribution < -0.4 is 4.74 Å². The van der Waals surface area contributed by atoms with Crippen LogP contribution in [0.15, 0.2) is 18.2 Å². The van der Waals surface area contributed by atoms with Crippen LogP contribution in [0, 0.1) is 5.82 Å². The first-order valence-corrected chi connectivity index (χ1v) is 7.46.